The predicted molar refractivity (Wildman–Crippen MR) is 250 cm³/mol. The SMILES string of the molecule is CS(=O)(=O)c1sc(NC(=O)Nc2ccc(Cl)cc2C(=O)C2CCCC2)nc1CCS(N)(=O)=O.CS(=O)(=O)c1sc(NC(=O)Nc2ccc(F)cc2C(=O)C2CCCC2)nc1CCS(N)(=O)=O. The Morgan fingerprint density at radius 1 is 0.636 bits per heavy atom. The average molecular weight is 1050 g/mol. The van der Waals surface area contributed by atoms with Crippen LogP contribution in [0.2, 0.25) is 5.02 Å². The first-order valence-corrected chi connectivity index (χ1v) is 29.1. The maximum atomic E-state index is 13.8. The molecule has 6 rings (SSSR count). The van der Waals surface area contributed by atoms with Crippen LogP contribution in [0.4, 0.5) is 35.6 Å². The number of carbonyl (C=O) groups is 4. The van der Waals surface area contributed by atoms with Gasteiger partial charge >= 0.3 is 12.1 Å². The topological polar surface area (TPSA) is 331 Å². The number of sulfone groups is 2. The van der Waals surface area contributed by atoms with Gasteiger partial charge in [-0.2, -0.15) is 0 Å². The highest BCUT2D eigenvalue weighted by Gasteiger charge is 2.29. The molecule has 2 aromatic carbocycles. The molecule has 2 aliphatic carbocycles. The van der Waals surface area contributed by atoms with Gasteiger partial charge in [-0.05, 0) is 62.1 Å². The number of carbonyl (C=O) groups excluding carboxylic acids is 4. The van der Waals surface area contributed by atoms with Crippen LogP contribution in [-0.4, -0.2) is 91.3 Å². The molecule has 20 nitrogen and oxygen atoms in total. The zero-order valence-corrected chi connectivity index (χ0v) is 40.9. The number of benzene rings is 2. The summed E-state index contributed by atoms with van der Waals surface area (Å²) in [5, 5.41) is 20.1. The number of Topliss-reactive ketones (excluding diaryl/α,β-unsaturated/α-hetero) is 2. The van der Waals surface area contributed by atoms with Crippen LogP contribution in [0, 0.1) is 17.7 Å². The lowest BCUT2D eigenvalue weighted by atomic mass is 9.95. The van der Waals surface area contributed by atoms with Crippen molar-refractivity contribution in [1.29, 1.82) is 0 Å². The number of nitrogens with zero attached hydrogens (tertiary/aromatic N) is 2. The summed E-state index contributed by atoms with van der Waals surface area (Å²) in [6.45, 7) is 0. The molecule has 66 heavy (non-hydrogen) atoms. The number of anilines is 4. The van der Waals surface area contributed by atoms with E-state index in [-0.39, 0.29) is 83.3 Å². The van der Waals surface area contributed by atoms with Crippen molar-refractivity contribution >= 4 is 119 Å². The number of nitrogens with two attached hydrogens (primary N) is 2. The number of nitrogens with one attached hydrogen (secondary N) is 4. The minimum absolute atomic E-state index is 0.00424. The quantitative estimate of drug-likeness (QED) is 0.0747. The molecule has 0 bridgehead atoms. The van der Waals surface area contributed by atoms with Crippen molar-refractivity contribution in [2.24, 2.45) is 22.1 Å². The summed E-state index contributed by atoms with van der Waals surface area (Å²) >= 11 is 7.41. The second kappa shape index (κ2) is 21.6. The summed E-state index contributed by atoms with van der Waals surface area (Å²) in [5.74, 6) is -2.32. The Labute approximate surface area is 393 Å². The monoisotopic (exact) mass is 1050 g/mol. The number of aryl methyl sites for hydroxylation is 2. The Morgan fingerprint density at radius 2 is 1.02 bits per heavy atom. The van der Waals surface area contributed by atoms with Gasteiger partial charge in [0.2, 0.25) is 20.0 Å². The van der Waals surface area contributed by atoms with Crippen LogP contribution in [-0.2, 0) is 52.6 Å². The Morgan fingerprint density at radius 3 is 1.39 bits per heavy atom. The third kappa shape index (κ3) is 15.3. The number of aromatic nitrogens is 2. The maximum absolute atomic E-state index is 13.8. The van der Waals surface area contributed by atoms with Gasteiger partial charge in [0.25, 0.3) is 0 Å². The third-order valence-corrected chi connectivity index (χ3v) is 17.7. The standard InChI is InChI=1S/C19H23ClN4O6S3.C19H23FN4O6S3/c2*1-32(27,28)17-15(8-9-33(21,29)30)23-19(31-17)24-18(26)22-14-7-6-12(20)10-13(14)16(25)11-4-2-3-5-11/h2*6-7,10-11H,2-5,8-9H2,1H3,(H2,21,29,30)(H2,22,23,24,26). The van der Waals surface area contributed by atoms with Crippen molar-refractivity contribution in [3.63, 3.8) is 0 Å². The van der Waals surface area contributed by atoms with Crippen molar-refractivity contribution in [3.8, 4) is 0 Å². The zero-order chi connectivity index (χ0) is 48.8. The Kier molecular flexibility index (Phi) is 17.2. The fraction of sp³-hybridized carbons (Fsp3) is 0.421. The van der Waals surface area contributed by atoms with Crippen molar-refractivity contribution in [2.45, 2.75) is 72.6 Å². The molecule has 0 atom stereocenters. The van der Waals surface area contributed by atoms with E-state index in [0.29, 0.717) is 46.1 Å². The molecular formula is C38H46ClFN8O12S6. The van der Waals surface area contributed by atoms with Gasteiger partial charge < -0.3 is 10.6 Å². The minimum Gasteiger partial charge on any atom is -0.307 e. The number of rotatable bonds is 16. The van der Waals surface area contributed by atoms with Crippen LogP contribution in [0.3, 0.4) is 0 Å². The van der Waals surface area contributed by atoms with Crippen molar-refractivity contribution in [3.05, 3.63) is 69.8 Å². The number of ketones is 2. The summed E-state index contributed by atoms with van der Waals surface area (Å²) in [6, 6.07) is 6.46. The van der Waals surface area contributed by atoms with E-state index < -0.39 is 69.1 Å². The maximum Gasteiger partial charge on any atom is 0.325 e. The number of sulfonamides is 2. The van der Waals surface area contributed by atoms with E-state index in [0.717, 1.165) is 63.2 Å². The first kappa shape index (κ1) is 52.5. The number of amides is 4. The first-order chi connectivity index (χ1) is 30.7. The largest absolute Gasteiger partial charge is 0.325 e. The molecule has 2 heterocycles. The van der Waals surface area contributed by atoms with Crippen LogP contribution in [0.1, 0.15) is 83.5 Å². The summed E-state index contributed by atoms with van der Waals surface area (Å²) in [7, 11) is -15.2. The molecule has 2 saturated carbocycles. The number of primary sulfonamides is 2. The highest BCUT2D eigenvalue weighted by Crippen LogP contribution is 2.34. The molecule has 4 amide bonds. The number of halogens is 2. The van der Waals surface area contributed by atoms with Crippen LogP contribution in [0.5, 0.6) is 0 Å². The normalized spacial score (nSPS) is 14.9. The summed E-state index contributed by atoms with van der Waals surface area (Å²) in [5.41, 5.74) is 0.695. The summed E-state index contributed by atoms with van der Waals surface area (Å²) in [4.78, 5) is 58.9. The fourth-order valence-corrected chi connectivity index (χ4v) is 12.6. The van der Waals surface area contributed by atoms with Crippen molar-refractivity contribution in [1.82, 2.24) is 9.97 Å². The average Bonchev–Trinajstić information content (AvgIpc) is 4.05. The summed E-state index contributed by atoms with van der Waals surface area (Å²) < 4.78 is 107. The molecule has 8 N–H and O–H groups in total. The van der Waals surface area contributed by atoms with Gasteiger partial charge in [-0.3, -0.25) is 20.2 Å². The van der Waals surface area contributed by atoms with Crippen LogP contribution in [0.25, 0.3) is 0 Å². The molecule has 360 valence electrons. The summed E-state index contributed by atoms with van der Waals surface area (Å²) in [6.07, 6.45) is 8.16. The van der Waals surface area contributed by atoms with E-state index in [4.69, 9.17) is 21.9 Å². The van der Waals surface area contributed by atoms with Crippen LogP contribution in [0.15, 0.2) is 44.8 Å². The molecule has 0 saturated heterocycles. The smallest absolute Gasteiger partial charge is 0.307 e. The Bertz CT molecular complexity index is 2770. The Hall–Kier alpha value is -4.48. The molecule has 0 aliphatic heterocycles. The van der Waals surface area contributed by atoms with Gasteiger partial charge in [0.15, 0.2) is 41.5 Å². The zero-order valence-electron chi connectivity index (χ0n) is 35.3. The van der Waals surface area contributed by atoms with Crippen LogP contribution >= 0.6 is 34.3 Å². The van der Waals surface area contributed by atoms with E-state index in [9.17, 15) is 57.2 Å². The van der Waals surface area contributed by atoms with Crippen molar-refractivity contribution in [2.75, 3.05) is 45.3 Å². The van der Waals surface area contributed by atoms with Gasteiger partial charge in [0.05, 0.1) is 34.3 Å². The van der Waals surface area contributed by atoms with Gasteiger partial charge in [0, 0.05) is 53.3 Å². The molecule has 2 fully saturated rings. The highest BCUT2D eigenvalue weighted by molar-refractivity contribution is 7.93. The number of urea groups is 2. The molecule has 4 aromatic rings. The third-order valence-electron chi connectivity index (χ3n) is 10.1. The molecule has 0 unspecified atom stereocenters. The van der Waals surface area contributed by atoms with Gasteiger partial charge in [-0.1, -0.05) is 60.0 Å². The van der Waals surface area contributed by atoms with E-state index in [1.54, 1.807) is 6.07 Å². The second-order valence-corrected chi connectivity index (χ2v) is 25.8. The molecule has 2 aromatic heterocycles. The number of thiazole rings is 2. The van der Waals surface area contributed by atoms with Gasteiger partial charge in [-0.25, -0.2) is 67.9 Å². The van der Waals surface area contributed by atoms with Gasteiger partial charge in [-0.15, -0.1) is 0 Å². The molecule has 0 spiro atoms. The van der Waals surface area contributed by atoms with E-state index in [1.807, 2.05) is 0 Å². The molecular weight excluding hydrogens is 1010 g/mol. The first-order valence-electron chi connectivity index (χ1n) is 19.9. The second-order valence-electron chi connectivity index (χ2n) is 15.5. The van der Waals surface area contributed by atoms with Crippen molar-refractivity contribution < 1.29 is 57.2 Å². The Balaban J connectivity index is 0.000000247. The van der Waals surface area contributed by atoms with Crippen LogP contribution < -0.4 is 31.5 Å². The lowest BCUT2D eigenvalue weighted by Crippen LogP contribution is -2.22. The molecule has 2 aliphatic rings. The fourth-order valence-electron chi connectivity index (χ4n) is 7.13. The van der Waals surface area contributed by atoms with E-state index in [2.05, 4.69) is 31.2 Å². The lowest BCUT2D eigenvalue weighted by Gasteiger charge is -2.14. The molecule has 28 heteroatoms. The minimum atomic E-state index is -3.86. The van der Waals surface area contributed by atoms with E-state index >= 15 is 0 Å². The lowest BCUT2D eigenvalue weighted by molar-refractivity contribution is 0.0916. The van der Waals surface area contributed by atoms with Gasteiger partial charge in [0.1, 0.15) is 14.2 Å². The van der Waals surface area contributed by atoms with E-state index in [1.165, 1.54) is 18.2 Å². The number of hydrogen-bond acceptors (Lipinski definition) is 16. The molecule has 0 radical (unpaired) electrons. The highest BCUT2D eigenvalue weighted by atomic mass is 35.5. The number of hydrogen-bond donors (Lipinski definition) is 6. The predicted octanol–water partition coefficient (Wildman–Crippen LogP) is 5.58.